The Morgan fingerprint density at radius 1 is 1.24 bits per heavy atom. The van der Waals surface area contributed by atoms with E-state index >= 15 is 0 Å². The first-order valence-corrected chi connectivity index (χ1v) is 9.11. The first-order valence-electron chi connectivity index (χ1n) is 9.11. The van der Waals surface area contributed by atoms with Gasteiger partial charge in [-0.2, -0.15) is 0 Å². The van der Waals surface area contributed by atoms with Crippen molar-refractivity contribution in [3.05, 3.63) is 23.8 Å². The summed E-state index contributed by atoms with van der Waals surface area (Å²) in [5, 5.41) is 39.0. The van der Waals surface area contributed by atoms with Crippen molar-refractivity contribution in [2.24, 2.45) is 5.92 Å². The molecule has 0 aliphatic carbocycles. The maximum atomic E-state index is 11.7. The first-order chi connectivity index (χ1) is 13.8. The predicted octanol–water partition coefficient (Wildman–Crippen LogP) is -0.424. The lowest BCUT2D eigenvalue weighted by Crippen LogP contribution is -2.60. The lowest BCUT2D eigenvalue weighted by molar-refractivity contribution is -0.277. The Labute approximate surface area is 168 Å². The molecular formula is C20H26O9. The highest BCUT2D eigenvalue weighted by Crippen LogP contribution is 2.29. The van der Waals surface area contributed by atoms with Gasteiger partial charge in [-0.05, 0) is 12.1 Å². The molecule has 9 heteroatoms. The Hall–Kier alpha value is -2.35. The number of aliphatic hydroxyl groups excluding tert-OH is 4. The maximum absolute atomic E-state index is 11.7. The SMILES string of the molecule is C#CCOc1cc(O[C@@H]2O[C@H](CO)[C@@H](O)[C@H](O)[C@H]2O)ccc1COC(=O)C(C)C. The monoisotopic (exact) mass is 410 g/mol. The molecule has 0 spiro atoms. The summed E-state index contributed by atoms with van der Waals surface area (Å²) in [6, 6.07) is 4.60. The van der Waals surface area contributed by atoms with Gasteiger partial charge in [0.15, 0.2) is 0 Å². The van der Waals surface area contributed by atoms with Crippen molar-refractivity contribution >= 4 is 5.97 Å². The van der Waals surface area contributed by atoms with Crippen LogP contribution in [-0.4, -0.2) is 70.3 Å². The molecule has 1 aromatic carbocycles. The molecule has 9 nitrogen and oxygen atoms in total. The van der Waals surface area contributed by atoms with E-state index in [2.05, 4.69) is 5.92 Å². The summed E-state index contributed by atoms with van der Waals surface area (Å²) in [4.78, 5) is 11.7. The molecule has 4 N–H and O–H groups in total. The van der Waals surface area contributed by atoms with Gasteiger partial charge in [-0.25, -0.2) is 0 Å². The van der Waals surface area contributed by atoms with E-state index in [-0.39, 0.29) is 30.9 Å². The summed E-state index contributed by atoms with van der Waals surface area (Å²) in [5.41, 5.74) is 0.551. The van der Waals surface area contributed by atoms with Crippen LogP contribution in [0.25, 0.3) is 0 Å². The molecule has 0 radical (unpaired) electrons. The van der Waals surface area contributed by atoms with Crippen LogP contribution in [0.15, 0.2) is 18.2 Å². The van der Waals surface area contributed by atoms with Crippen molar-refractivity contribution < 1.29 is 44.2 Å². The third kappa shape index (κ3) is 5.82. The van der Waals surface area contributed by atoms with Gasteiger partial charge in [0.2, 0.25) is 6.29 Å². The summed E-state index contributed by atoms with van der Waals surface area (Å²) >= 11 is 0. The molecule has 1 aliphatic rings. The van der Waals surface area contributed by atoms with Crippen molar-refractivity contribution in [3.8, 4) is 23.8 Å². The zero-order valence-electron chi connectivity index (χ0n) is 16.2. The fourth-order valence-corrected chi connectivity index (χ4v) is 2.60. The summed E-state index contributed by atoms with van der Waals surface area (Å²) in [6.07, 6.45) is -1.78. The minimum Gasteiger partial charge on any atom is -0.480 e. The molecule has 5 atom stereocenters. The van der Waals surface area contributed by atoms with Gasteiger partial charge in [0.1, 0.15) is 49.1 Å². The van der Waals surface area contributed by atoms with E-state index in [1.165, 1.54) is 12.1 Å². The Balaban J connectivity index is 2.16. The average Bonchev–Trinajstić information content (AvgIpc) is 2.71. The van der Waals surface area contributed by atoms with Gasteiger partial charge >= 0.3 is 5.97 Å². The minimum absolute atomic E-state index is 0.0305. The number of benzene rings is 1. The lowest BCUT2D eigenvalue weighted by atomic mass is 9.99. The van der Waals surface area contributed by atoms with Gasteiger partial charge in [0, 0.05) is 11.6 Å². The minimum atomic E-state index is -1.56. The topological polar surface area (TPSA) is 135 Å². The third-order valence-electron chi connectivity index (χ3n) is 4.29. The van der Waals surface area contributed by atoms with E-state index in [4.69, 9.17) is 25.4 Å². The van der Waals surface area contributed by atoms with Gasteiger partial charge in [-0.3, -0.25) is 4.79 Å². The van der Waals surface area contributed by atoms with Crippen LogP contribution in [-0.2, 0) is 20.9 Å². The quantitative estimate of drug-likeness (QED) is 0.333. The Morgan fingerprint density at radius 2 is 1.97 bits per heavy atom. The molecule has 0 amide bonds. The molecule has 1 saturated heterocycles. The van der Waals surface area contributed by atoms with Gasteiger partial charge in [0.25, 0.3) is 0 Å². The molecule has 0 aromatic heterocycles. The number of aliphatic hydroxyl groups is 4. The average molecular weight is 410 g/mol. The third-order valence-corrected chi connectivity index (χ3v) is 4.29. The second kappa shape index (κ2) is 10.4. The van der Waals surface area contributed by atoms with Crippen molar-refractivity contribution in [1.82, 2.24) is 0 Å². The highest BCUT2D eigenvalue weighted by Gasteiger charge is 2.44. The molecule has 2 rings (SSSR count). The van der Waals surface area contributed by atoms with E-state index in [1.54, 1.807) is 19.9 Å². The molecule has 160 valence electrons. The molecule has 0 unspecified atom stereocenters. The zero-order valence-corrected chi connectivity index (χ0v) is 16.2. The van der Waals surface area contributed by atoms with Crippen LogP contribution in [0.2, 0.25) is 0 Å². The molecular weight excluding hydrogens is 384 g/mol. The first kappa shape index (κ1) is 22.9. The number of hydrogen-bond acceptors (Lipinski definition) is 9. The molecule has 1 aliphatic heterocycles. The Bertz CT molecular complexity index is 725. The normalized spacial score (nSPS) is 26.6. The van der Waals surface area contributed by atoms with Crippen LogP contribution >= 0.6 is 0 Å². The smallest absolute Gasteiger partial charge is 0.308 e. The Morgan fingerprint density at radius 3 is 2.59 bits per heavy atom. The molecule has 1 aromatic rings. The standard InChI is InChI=1S/C20H26O9/c1-4-7-26-14-8-13(6-5-12(14)10-27-19(25)11(2)3)28-20-18(24)17(23)16(22)15(9-21)29-20/h1,5-6,8,11,15-18,20-24H,7,9-10H2,2-3H3/t15-,16-,17+,18-,20-/m1/s1. The van der Waals surface area contributed by atoms with Crippen LogP contribution in [0.3, 0.4) is 0 Å². The largest absolute Gasteiger partial charge is 0.480 e. The summed E-state index contributed by atoms with van der Waals surface area (Å²) in [5.74, 6) is 2.21. The van der Waals surface area contributed by atoms with E-state index in [0.717, 1.165) is 0 Å². The van der Waals surface area contributed by atoms with Crippen LogP contribution in [0.1, 0.15) is 19.4 Å². The fraction of sp³-hybridized carbons (Fsp3) is 0.550. The van der Waals surface area contributed by atoms with Gasteiger partial charge < -0.3 is 39.4 Å². The number of terminal acetylenes is 1. The second-order valence-corrected chi connectivity index (χ2v) is 6.84. The summed E-state index contributed by atoms with van der Waals surface area (Å²) < 4.78 is 21.6. The number of hydrogen-bond donors (Lipinski definition) is 4. The number of carbonyl (C=O) groups excluding carboxylic acids is 1. The zero-order chi connectivity index (χ0) is 21.6. The lowest BCUT2D eigenvalue weighted by Gasteiger charge is -2.39. The van der Waals surface area contributed by atoms with Crippen molar-refractivity contribution in [2.75, 3.05) is 13.2 Å². The van der Waals surface area contributed by atoms with E-state index in [0.29, 0.717) is 11.3 Å². The number of rotatable bonds is 8. The van der Waals surface area contributed by atoms with Crippen molar-refractivity contribution in [1.29, 1.82) is 0 Å². The van der Waals surface area contributed by atoms with Gasteiger partial charge in [0.05, 0.1) is 12.5 Å². The van der Waals surface area contributed by atoms with Crippen molar-refractivity contribution in [2.45, 2.75) is 51.2 Å². The van der Waals surface area contributed by atoms with E-state index in [9.17, 15) is 25.2 Å². The predicted molar refractivity (Wildman–Crippen MR) is 99.8 cm³/mol. The van der Waals surface area contributed by atoms with Crippen LogP contribution in [0.5, 0.6) is 11.5 Å². The van der Waals surface area contributed by atoms with Crippen LogP contribution < -0.4 is 9.47 Å². The van der Waals surface area contributed by atoms with Gasteiger partial charge in [-0.15, -0.1) is 6.42 Å². The van der Waals surface area contributed by atoms with Crippen molar-refractivity contribution in [3.63, 3.8) is 0 Å². The van der Waals surface area contributed by atoms with E-state index in [1.807, 2.05) is 0 Å². The fourth-order valence-electron chi connectivity index (χ4n) is 2.60. The molecule has 1 heterocycles. The number of carbonyl (C=O) groups is 1. The molecule has 0 bridgehead atoms. The van der Waals surface area contributed by atoms with E-state index < -0.39 is 37.3 Å². The Kier molecular flexibility index (Phi) is 8.25. The summed E-state index contributed by atoms with van der Waals surface area (Å²) in [7, 11) is 0. The van der Waals surface area contributed by atoms with Gasteiger partial charge in [-0.1, -0.05) is 19.8 Å². The molecule has 0 saturated carbocycles. The molecule has 29 heavy (non-hydrogen) atoms. The van der Waals surface area contributed by atoms with Crippen LogP contribution in [0, 0.1) is 18.3 Å². The second-order valence-electron chi connectivity index (χ2n) is 6.84. The van der Waals surface area contributed by atoms with Crippen LogP contribution in [0.4, 0.5) is 0 Å². The highest BCUT2D eigenvalue weighted by atomic mass is 16.7. The summed E-state index contributed by atoms with van der Waals surface area (Å²) in [6.45, 7) is 2.80. The maximum Gasteiger partial charge on any atom is 0.308 e. The molecule has 1 fully saturated rings. The number of ether oxygens (including phenoxy) is 4. The number of esters is 1. The highest BCUT2D eigenvalue weighted by molar-refractivity contribution is 5.71.